The van der Waals surface area contributed by atoms with Crippen LogP contribution in [-0.2, 0) is 14.3 Å². The third-order valence-electron chi connectivity index (χ3n) is 4.15. The lowest BCUT2D eigenvalue weighted by Crippen LogP contribution is -2.32. The second-order valence-corrected chi connectivity index (χ2v) is 6.00. The Bertz CT molecular complexity index is 721. The Hall–Kier alpha value is -3.15. The highest BCUT2D eigenvalue weighted by atomic mass is 16.5. The monoisotopic (exact) mass is 352 g/mol. The fourth-order valence-corrected chi connectivity index (χ4v) is 2.84. The zero-order valence-electron chi connectivity index (χ0n) is 14.3. The first kappa shape index (κ1) is 17.7. The first-order chi connectivity index (χ1) is 12.6. The molecule has 1 heterocycles. The molecule has 0 aliphatic carbocycles. The molecule has 1 saturated heterocycles. The Morgan fingerprint density at radius 1 is 1.00 bits per heavy atom. The summed E-state index contributed by atoms with van der Waals surface area (Å²) in [6.45, 7) is 0.231. The summed E-state index contributed by atoms with van der Waals surface area (Å²) < 4.78 is 5.70. The van der Waals surface area contributed by atoms with Gasteiger partial charge in [0.1, 0.15) is 0 Å². The van der Waals surface area contributed by atoms with E-state index < -0.39 is 12.1 Å². The van der Waals surface area contributed by atoms with Crippen LogP contribution in [0, 0.1) is 0 Å². The fourth-order valence-electron chi connectivity index (χ4n) is 2.84. The van der Waals surface area contributed by atoms with Gasteiger partial charge in [0.15, 0.2) is 6.10 Å². The number of imide groups is 1. The highest BCUT2D eigenvalue weighted by Crippen LogP contribution is 2.26. The lowest BCUT2D eigenvalue weighted by Gasteiger charge is -2.19. The number of nitrogens with one attached hydrogen (secondary N) is 1. The minimum atomic E-state index is -0.485. The van der Waals surface area contributed by atoms with E-state index in [9.17, 15) is 14.4 Å². The lowest BCUT2D eigenvalue weighted by atomic mass is 10.0. The molecule has 1 aliphatic rings. The number of rotatable bonds is 7. The number of hydrogen-bond donors (Lipinski definition) is 1. The molecule has 0 radical (unpaired) electrons. The Labute approximate surface area is 151 Å². The number of nitrogens with zero attached hydrogens (tertiary/aromatic N) is 1. The van der Waals surface area contributed by atoms with Crippen LogP contribution in [0.4, 0.5) is 4.79 Å². The molecular formula is C20H20N2O4. The molecule has 2 aromatic carbocycles. The second kappa shape index (κ2) is 8.29. The molecule has 0 unspecified atom stereocenters. The van der Waals surface area contributed by atoms with Gasteiger partial charge in [-0.05, 0) is 17.5 Å². The van der Waals surface area contributed by atoms with Crippen molar-refractivity contribution in [3.8, 4) is 0 Å². The zero-order chi connectivity index (χ0) is 18.4. The number of amides is 3. The van der Waals surface area contributed by atoms with Crippen LogP contribution in [0.2, 0.25) is 0 Å². The molecule has 3 rings (SSSR count). The van der Waals surface area contributed by atoms with E-state index in [1.807, 2.05) is 60.7 Å². The molecule has 0 bridgehead atoms. The fraction of sp³-hybridized carbons (Fsp3) is 0.250. The van der Waals surface area contributed by atoms with Crippen molar-refractivity contribution in [3.63, 3.8) is 0 Å². The van der Waals surface area contributed by atoms with Gasteiger partial charge in [-0.25, -0.2) is 4.79 Å². The lowest BCUT2D eigenvalue weighted by molar-refractivity contribution is -0.148. The Morgan fingerprint density at radius 3 is 2.08 bits per heavy atom. The molecular weight excluding hydrogens is 332 g/mol. The quantitative estimate of drug-likeness (QED) is 0.614. The minimum absolute atomic E-state index is 0.0212. The molecule has 2 aromatic rings. The maximum absolute atomic E-state index is 12.3. The molecule has 0 spiro atoms. The summed E-state index contributed by atoms with van der Waals surface area (Å²) in [5.74, 6) is -0.635. The zero-order valence-corrected chi connectivity index (χ0v) is 14.3. The first-order valence-electron chi connectivity index (χ1n) is 8.53. The van der Waals surface area contributed by atoms with Crippen LogP contribution in [0.1, 0.15) is 30.1 Å². The van der Waals surface area contributed by atoms with Crippen LogP contribution in [-0.4, -0.2) is 35.9 Å². The van der Waals surface area contributed by atoms with Gasteiger partial charge in [0, 0.05) is 13.0 Å². The number of carbonyl (C=O) groups excluding carboxylic acids is 3. The van der Waals surface area contributed by atoms with E-state index in [4.69, 9.17) is 4.74 Å². The number of hydrogen-bond acceptors (Lipinski definition) is 4. The Kier molecular flexibility index (Phi) is 5.63. The minimum Gasteiger partial charge on any atom is -0.453 e. The van der Waals surface area contributed by atoms with Crippen LogP contribution in [0.25, 0.3) is 0 Å². The smallest absolute Gasteiger partial charge is 0.324 e. The Balaban J connectivity index is 1.61. The number of carbonyl (C=O) groups is 3. The summed E-state index contributed by atoms with van der Waals surface area (Å²) in [7, 11) is 0. The van der Waals surface area contributed by atoms with Crippen molar-refractivity contribution < 1.29 is 19.1 Å². The number of ether oxygens (including phenoxy) is 1. The van der Waals surface area contributed by atoms with Gasteiger partial charge in [0.25, 0.3) is 0 Å². The van der Waals surface area contributed by atoms with Crippen molar-refractivity contribution in [1.29, 1.82) is 0 Å². The van der Waals surface area contributed by atoms with Crippen LogP contribution in [0.3, 0.4) is 0 Å². The molecule has 3 amide bonds. The van der Waals surface area contributed by atoms with Gasteiger partial charge in [-0.15, -0.1) is 0 Å². The van der Waals surface area contributed by atoms with Crippen molar-refractivity contribution >= 4 is 17.9 Å². The van der Waals surface area contributed by atoms with Gasteiger partial charge in [-0.1, -0.05) is 60.7 Å². The highest BCUT2D eigenvalue weighted by Gasteiger charge is 2.28. The molecule has 134 valence electrons. The molecule has 1 N–H and O–H groups in total. The van der Waals surface area contributed by atoms with Crippen molar-refractivity contribution in [2.75, 3.05) is 13.1 Å². The molecule has 6 nitrogen and oxygen atoms in total. The topological polar surface area (TPSA) is 75.7 Å². The van der Waals surface area contributed by atoms with Crippen LogP contribution < -0.4 is 5.32 Å². The molecule has 0 aromatic heterocycles. The van der Waals surface area contributed by atoms with E-state index in [1.54, 1.807) is 0 Å². The molecule has 6 heteroatoms. The van der Waals surface area contributed by atoms with Gasteiger partial charge < -0.3 is 10.1 Å². The number of esters is 1. The second-order valence-electron chi connectivity index (χ2n) is 6.00. The van der Waals surface area contributed by atoms with E-state index in [-0.39, 0.29) is 31.4 Å². The van der Waals surface area contributed by atoms with Crippen LogP contribution >= 0.6 is 0 Å². The number of benzene rings is 2. The van der Waals surface area contributed by atoms with Gasteiger partial charge in [0.05, 0.1) is 6.54 Å². The molecule has 26 heavy (non-hydrogen) atoms. The van der Waals surface area contributed by atoms with E-state index in [2.05, 4.69) is 5.32 Å². The average Bonchev–Trinajstić information content (AvgIpc) is 2.99. The van der Waals surface area contributed by atoms with Gasteiger partial charge in [-0.2, -0.15) is 0 Å². The predicted molar refractivity (Wildman–Crippen MR) is 95.2 cm³/mol. The van der Waals surface area contributed by atoms with E-state index in [1.165, 1.54) is 0 Å². The predicted octanol–water partition coefficient (Wildman–Crippen LogP) is 2.65. The van der Waals surface area contributed by atoms with Gasteiger partial charge in [-0.3, -0.25) is 14.5 Å². The van der Waals surface area contributed by atoms with Crippen LogP contribution in [0.5, 0.6) is 0 Å². The molecule has 0 saturated carbocycles. The average molecular weight is 352 g/mol. The summed E-state index contributed by atoms with van der Waals surface area (Å²) >= 11 is 0. The van der Waals surface area contributed by atoms with E-state index in [0.29, 0.717) is 6.42 Å². The molecule has 0 atom stereocenters. The third-order valence-corrected chi connectivity index (χ3v) is 4.15. The van der Waals surface area contributed by atoms with E-state index >= 15 is 0 Å². The third kappa shape index (κ3) is 4.27. The van der Waals surface area contributed by atoms with Crippen molar-refractivity contribution in [3.05, 3.63) is 71.8 Å². The maximum Gasteiger partial charge on any atom is 0.324 e. The van der Waals surface area contributed by atoms with Crippen molar-refractivity contribution in [2.24, 2.45) is 0 Å². The SMILES string of the molecule is O=C(CCCN1C(=O)CNC1=O)OC(c1ccccc1)c1ccccc1. The van der Waals surface area contributed by atoms with E-state index in [0.717, 1.165) is 16.0 Å². The summed E-state index contributed by atoms with van der Waals surface area (Å²) in [5, 5.41) is 2.45. The molecule has 1 fully saturated rings. The standard InChI is InChI=1S/C20H20N2O4/c23-17-14-21-20(25)22(17)13-7-12-18(24)26-19(15-8-3-1-4-9-15)16-10-5-2-6-11-16/h1-6,8-11,19H,7,12-14H2,(H,21,25). The van der Waals surface area contributed by atoms with Crippen molar-refractivity contribution in [1.82, 2.24) is 10.2 Å². The van der Waals surface area contributed by atoms with Crippen LogP contribution in [0.15, 0.2) is 60.7 Å². The Morgan fingerprint density at radius 2 is 1.58 bits per heavy atom. The molecule has 1 aliphatic heterocycles. The summed E-state index contributed by atoms with van der Waals surface area (Å²) in [6.07, 6.45) is 0.0169. The summed E-state index contributed by atoms with van der Waals surface area (Å²) in [5.41, 5.74) is 1.78. The first-order valence-corrected chi connectivity index (χ1v) is 8.53. The van der Waals surface area contributed by atoms with Crippen molar-refractivity contribution in [2.45, 2.75) is 18.9 Å². The normalized spacial score (nSPS) is 13.8. The summed E-state index contributed by atoms with van der Waals surface area (Å²) in [4.78, 5) is 36.5. The largest absolute Gasteiger partial charge is 0.453 e. The highest BCUT2D eigenvalue weighted by molar-refractivity contribution is 6.01. The number of urea groups is 1. The maximum atomic E-state index is 12.3. The van der Waals surface area contributed by atoms with Gasteiger partial charge in [0.2, 0.25) is 5.91 Å². The van der Waals surface area contributed by atoms with Gasteiger partial charge >= 0.3 is 12.0 Å². The summed E-state index contributed by atoms with van der Waals surface area (Å²) in [6, 6.07) is 18.7.